The van der Waals surface area contributed by atoms with E-state index in [2.05, 4.69) is 19.5 Å². The number of nitrogens with one attached hydrogen (secondary N) is 1. The van der Waals surface area contributed by atoms with E-state index in [9.17, 15) is 12.8 Å². The van der Waals surface area contributed by atoms with Gasteiger partial charge in [0.15, 0.2) is 0 Å². The van der Waals surface area contributed by atoms with Crippen LogP contribution < -0.4 is 9.46 Å². The van der Waals surface area contributed by atoms with E-state index in [0.29, 0.717) is 34.1 Å². The van der Waals surface area contributed by atoms with Crippen molar-refractivity contribution in [3.63, 3.8) is 0 Å². The number of nitrogens with zero attached hydrogens (tertiary/aromatic N) is 4. The highest BCUT2D eigenvalue weighted by atomic mass is 32.2. The highest BCUT2D eigenvalue weighted by molar-refractivity contribution is 7.89. The average molecular weight is 564 g/mol. The second kappa shape index (κ2) is 11.0. The van der Waals surface area contributed by atoms with E-state index in [1.165, 1.54) is 23.5 Å². The van der Waals surface area contributed by atoms with Gasteiger partial charge in [0.2, 0.25) is 15.7 Å². The first-order chi connectivity index (χ1) is 18.8. The molecular formula is C27H22FN5O4S2. The van der Waals surface area contributed by atoms with E-state index < -0.39 is 15.8 Å². The zero-order chi connectivity index (χ0) is 27.6. The number of benzene rings is 3. The normalized spacial score (nSPS) is 11.6. The number of methoxy groups -OCH3 is 1. The SMILES string of the molecule is [C-]#[N+]c1cc(OCCNS(=O)(=O)c2ccc(F)cc2)cc2sc(-c3cc(C)cc4nc(COC)cnc34)nc12. The third-order valence-electron chi connectivity index (χ3n) is 5.72. The van der Waals surface area contributed by atoms with Crippen LogP contribution in [0.4, 0.5) is 10.1 Å². The fourth-order valence-electron chi connectivity index (χ4n) is 4.00. The molecule has 0 radical (unpaired) electrons. The lowest BCUT2D eigenvalue weighted by Crippen LogP contribution is -2.28. The lowest BCUT2D eigenvalue weighted by molar-refractivity contribution is 0.181. The molecule has 0 aliphatic heterocycles. The molecule has 2 heterocycles. The van der Waals surface area contributed by atoms with E-state index in [4.69, 9.17) is 21.0 Å². The summed E-state index contributed by atoms with van der Waals surface area (Å²) in [6, 6.07) is 11.9. The number of hydrogen-bond donors (Lipinski definition) is 1. The van der Waals surface area contributed by atoms with Gasteiger partial charge in [-0.15, -0.1) is 11.3 Å². The minimum absolute atomic E-state index is 0.0158. The van der Waals surface area contributed by atoms with Gasteiger partial charge in [0.05, 0.1) is 46.5 Å². The summed E-state index contributed by atoms with van der Waals surface area (Å²) < 4.78 is 52.0. The van der Waals surface area contributed by atoms with Crippen molar-refractivity contribution in [2.75, 3.05) is 20.3 Å². The first kappa shape index (κ1) is 26.6. The van der Waals surface area contributed by atoms with E-state index in [-0.39, 0.29) is 18.0 Å². The molecule has 0 spiro atoms. The molecule has 5 rings (SSSR count). The largest absolute Gasteiger partial charge is 0.493 e. The number of rotatable bonds is 9. The van der Waals surface area contributed by atoms with Crippen molar-refractivity contribution in [2.45, 2.75) is 18.4 Å². The van der Waals surface area contributed by atoms with E-state index in [0.717, 1.165) is 39.2 Å². The maximum Gasteiger partial charge on any atom is 0.240 e. The number of aryl methyl sites for hydroxylation is 1. The van der Waals surface area contributed by atoms with Crippen LogP contribution in [0.2, 0.25) is 0 Å². The second-order valence-electron chi connectivity index (χ2n) is 8.59. The van der Waals surface area contributed by atoms with Gasteiger partial charge in [0, 0.05) is 23.9 Å². The number of hydrogen-bond acceptors (Lipinski definition) is 8. The summed E-state index contributed by atoms with van der Waals surface area (Å²) in [5, 5.41) is 0.696. The quantitative estimate of drug-likeness (QED) is 0.189. The van der Waals surface area contributed by atoms with Gasteiger partial charge < -0.3 is 9.47 Å². The Balaban J connectivity index is 1.38. The lowest BCUT2D eigenvalue weighted by atomic mass is 10.1. The Morgan fingerprint density at radius 2 is 1.90 bits per heavy atom. The molecule has 0 atom stereocenters. The van der Waals surface area contributed by atoms with E-state index in [1.807, 2.05) is 19.1 Å². The monoisotopic (exact) mass is 563 g/mol. The van der Waals surface area contributed by atoms with Crippen molar-refractivity contribution in [3.8, 4) is 16.3 Å². The van der Waals surface area contributed by atoms with Gasteiger partial charge in [0.1, 0.15) is 23.2 Å². The molecule has 0 saturated heterocycles. The zero-order valence-corrected chi connectivity index (χ0v) is 22.6. The maximum absolute atomic E-state index is 13.1. The van der Waals surface area contributed by atoms with Crippen LogP contribution in [0.3, 0.4) is 0 Å². The second-order valence-corrected chi connectivity index (χ2v) is 11.4. The van der Waals surface area contributed by atoms with Gasteiger partial charge in [-0.2, -0.15) is 0 Å². The molecule has 39 heavy (non-hydrogen) atoms. The van der Waals surface area contributed by atoms with Crippen LogP contribution in [0.15, 0.2) is 59.6 Å². The summed E-state index contributed by atoms with van der Waals surface area (Å²) in [5.74, 6) is -0.1000. The predicted molar refractivity (Wildman–Crippen MR) is 147 cm³/mol. The highest BCUT2D eigenvalue weighted by Gasteiger charge is 2.17. The minimum Gasteiger partial charge on any atom is -0.493 e. The molecule has 2 aromatic heterocycles. The molecule has 0 fully saturated rings. The molecular weight excluding hydrogens is 541 g/mol. The van der Waals surface area contributed by atoms with Crippen molar-refractivity contribution in [2.24, 2.45) is 0 Å². The Morgan fingerprint density at radius 1 is 1.10 bits per heavy atom. The third-order valence-corrected chi connectivity index (χ3v) is 8.23. The molecule has 0 amide bonds. The Morgan fingerprint density at radius 3 is 2.64 bits per heavy atom. The standard InChI is InChI=1S/C27H22FN5O4S2/c1-16-10-21(25-23(11-16)32-18(14-30-25)15-36-3)27-33-26-22(29-2)12-19(13-24(26)38-27)37-9-8-31-39(34,35)20-6-4-17(28)5-7-20/h4-7,10-14,31H,8-9,15H2,1,3H3. The highest BCUT2D eigenvalue weighted by Crippen LogP contribution is 2.40. The Labute approximate surface area is 228 Å². The Bertz CT molecular complexity index is 1830. The summed E-state index contributed by atoms with van der Waals surface area (Å²) in [6.45, 7) is 9.99. The van der Waals surface area contributed by atoms with Crippen molar-refractivity contribution in [1.29, 1.82) is 0 Å². The summed E-state index contributed by atoms with van der Waals surface area (Å²) in [7, 11) is -2.20. The van der Waals surface area contributed by atoms with Gasteiger partial charge in [-0.3, -0.25) is 4.98 Å². The number of ether oxygens (including phenoxy) is 2. The van der Waals surface area contributed by atoms with Crippen LogP contribution in [0.25, 0.3) is 36.7 Å². The molecule has 9 nitrogen and oxygen atoms in total. The molecule has 0 unspecified atom stereocenters. The Kier molecular flexibility index (Phi) is 7.49. The topological polar surface area (TPSA) is 108 Å². The summed E-state index contributed by atoms with van der Waals surface area (Å²) in [4.78, 5) is 17.6. The van der Waals surface area contributed by atoms with Crippen LogP contribution in [0.5, 0.6) is 5.75 Å². The summed E-state index contributed by atoms with van der Waals surface area (Å²) >= 11 is 1.40. The molecule has 0 aliphatic carbocycles. The van der Waals surface area contributed by atoms with Crippen molar-refractivity contribution < 1.29 is 22.3 Å². The van der Waals surface area contributed by atoms with Crippen LogP contribution in [0.1, 0.15) is 11.3 Å². The lowest BCUT2D eigenvalue weighted by Gasteiger charge is -2.09. The molecule has 1 N–H and O–H groups in total. The molecule has 0 bridgehead atoms. The average Bonchev–Trinajstić information content (AvgIpc) is 3.34. The molecule has 0 saturated carbocycles. The number of halogens is 1. The predicted octanol–water partition coefficient (Wildman–Crippen LogP) is 5.41. The first-order valence-electron chi connectivity index (χ1n) is 11.7. The maximum atomic E-state index is 13.1. The molecule has 3 aromatic carbocycles. The first-order valence-corrected chi connectivity index (χ1v) is 14.0. The zero-order valence-electron chi connectivity index (χ0n) is 20.9. The van der Waals surface area contributed by atoms with Crippen molar-refractivity contribution >= 4 is 48.3 Å². The molecule has 5 aromatic rings. The van der Waals surface area contributed by atoms with Crippen LogP contribution in [-0.4, -0.2) is 43.6 Å². The smallest absolute Gasteiger partial charge is 0.240 e. The van der Waals surface area contributed by atoms with Crippen LogP contribution >= 0.6 is 11.3 Å². The minimum atomic E-state index is -3.81. The molecule has 198 valence electrons. The fourth-order valence-corrected chi connectivity index (χ4v) is 6.04. The number of fused-ring (bicyclic) bond motifs is 2. The van der Waals surface area contributed by atoms with E-state index in [1.54, 1.807) is 25.4 Å². The van der Waals surface area contributed by atoms with Gasteiger partial charge in [0.25, 0.3) is 0 Å². The Hall–Kier alpha value is -4.02. The van der Waals surface area contributed by atoms with Gasteiger partial charge >= 0.3 is 0 Å². The van der Waals surface area contributed by atoms with Gasteiger partial charge in [-0.05, 0) is 61.0 Å². The summed E-state index contributed by atoms with van der Waals surface area (Å²) in [5.41, 5.74) is 4.85. The van der Waals surface area contributed by atoms with Gasteiger partial charge in [-0.1, -0.05) is 0 Å². The number of aromatic nitrogens is 3. The van der Waals surface area contributed by atoms with Crippen LogP contribution in [0, 0.1) is 19.3 Å². The fraction of sp³-hybridized carbons (Fsp3) is 0.185. The number of thiazole rings is 1. The van der Waals surface area contributed by atoms with Crippen molar-refractivity contribution in [3.05, 3.63) is 83.2 Å². The molecule has 0 aliphatic rings. The van der Waals surface area contributed by atoms with Gasteiger partial charge in [-0.25, -0.2) is 32.3 Å². The van der Waals surface area contributed by atoms with Crippen LogP contribution in [-0.2, 0) is 21.4 Å². The van der Waals surface area contributed by atoms with E-state index >= 15 is 0 Å². The third kappa shape index (κ3) is 5.71. The summed E-state index contributed by atoms with van der Waals surface area (Å²) in [6.07, 6.45) is 1.68. The number of sulfonamides is 1. The van der Waals surface area contributed by atoms with Crippen molar-refractivity contribution in [1.82, 2.24) is 19.7 Å². The molecule has 12 heteroatoms.